The van der Waals surface area contributed by atoms with E-state index in [0.717, 1.165) is 11.1 Å². The first kappa shape index (κ1) is 9.93. The third-order valence-corrected chi connectivity index (χ3v) is 2.37. The molecular formula is C11H10ClN3. The van der Waals surface area contributed by atoms with Crippen molar-refractivity contribution in [3.8, 4) is 11.4 Å². The molecule has 0 radical (unpaired) electrons. The Balaban J connectivity index is 2.45. The third kappa shape index (κ3) is 2.07. The molecule has 0 spiro atoms. The summed E-state index contributed by atoms with van der Waals surface area (Å²) in [5.41, 5.74) is 7.50. The summed E-state index contributed by atoms with van der Waals surface area (Å²) in [6.07, 6.45) is 1.71. The van der Waals surface area contributed by atoms with Crippen LogP contribution in [0, 0.1) is 6.92 Å². The van der Waals surface area contributed by atoms with Crippen LogP contribution >= 0.6 is 11.6 Å². The van der Waals surface area contributed by atoms with Gasteiger partial charge in [0.05, 0.1) is 0 Å². The molecule has 1 aromatic carbocycles. The maximum atomic E-state index is 5.79. The Hall–Kier alpha value is -1.61. The minimum Gasteiger partial charge on any atom is -0.383 e. The lowest BCUT2D eigenvalue weighted by Crippen LogP contribution is -1.98. The molecule has 1 aromatic heterocycles. The van der Waals surface area contributed by atoms with Gasteiger partial charge in [-0.3, -0.25) is 0 Å². The molecule has 4 heteroatoms. The molecule has 0 aliphatic heterocycles. The zero-order valence-corrected chi connectivity index (χ0v) is 8.99. The van der Waals surface area contributed by atoms with Crippen molar-refractivity contribution in [3.05, 3.63) is 41.0 Å². The van der Waals surface area contributed by atoms with Gasteiger partial charge in [0.2, 0.25) is 0 Å². The van der Waals surface area contributed by atoms with Gasteiger partial charge < -0.3 is 5.73 Å². The van der Waals surface area contributed by atoms with E-state index in [4.69, 9.17) is 17.3 Å². The van der Waals surface area contributed by atoms with Gasteiger partial charge in [-0.25, -0.2) is 9.97 Å². The monoisotopic (exact) mass is 219 g/mol. The van der Waals surface area contributed by atoms with Crippen molar-refractivity contribution in [3.63, 3.8) is 0 Å². The van der Waals surface area contributed by atoms with E-state index in [1.165, 1.54) is 0 Å². The predicted octanol–water partition coefficient (Wildman–Crippen LogP) is 2.69. The first-order chi connectivity index (χ1) is 7.16. The third-order valence-electron chi connectivity index (χ3n) is 2.11. The summed E-state index contributed by atoms with van der Waals surface area (Å²) in [6, 6.07) is 7.34. The van der Waals surface area contributed by atoms with Crippen molar-refractivity contribution in [2.75, 3.05) is 5.73 Å². The molecule has 76 valence electrons. The second-order valence-corrected chi connectivity index (χ2v) is 3.71. The van der Waals surface area contributed by atoms with Gasteiger partial charge in [-0.1, -0.05) is 11.6 Å². The van der Waals surface area contributed by atoms with Crippen LogP contribution in [-0.4, -0.2) is 9.97 Å². The summed E-state index contributed by atoms with van der Waals surface area (Å²) < 4.78 is 0. The highest BCUT2D eigenvalue weighted by molar-refractivity contribution is 6.30. The van der Waals surface area contributed by atoms with Gasteiger partial charge in [-0.05, 0) is 31.2 Å². The summed E-state index contributed by atoms with van der Waals surface area (Å²) in [5.74, 6) is 1.13. The molecule has 0 unspecified atom stereocenters. The van der Waals surface area contributed by atoms with Gasteiger partial charge >= 0.3 is 0 Å². The second kappa shape index (κ2) is 3.87. The van der Waals surface area contributed by atoms with Crippen molar-refractivity contribution >= 4 is 17.4 Å². The van der Waals surface area contributed by atoms with Crippen molar-refractivity contribution in [1.29, 1.82) is 0 Å². The largest absolute Gasteiger partial charge is 0.383 e. The average molecular weight is 220 g/mol. The fraction of sp³-hybridized carbons (Fsp3) is 0.0909. The highest BCUT2D eigenvalue weighted by Gasteiger charge is 2.03. The molecule has 0 saturated carbocycles. The highest BCUT2D eigenvalue weighted by atomic mass is 35.5. The van der Waals surface area contributed by atoms with Gasteiger partial charge in [0.15, 0.2) is 5.82 Å². The van der Waals surface area contributed by atoms with E-state index in [1.54, 1.807) is 18.3 Å². The summed E-state index contributed by atoms with van der Waals surface area (Å²) in [4.78, 5) is 8.40. The van der Waals surface area contributed by atoms with Crippen LogP contribution in [0.5, 0.6) is 0 Å². The van der Waals surface area contributed by atoms with Crippen LogP contribution in [0.1, 0.15) is 5.56 Å². The lowest BCUT2D eigenvalue weighted by molar-refractivity contribution is 1.15. The minimum absolute atomic E-state index is 0.509. The summed E-state index contributed by atoms with van der Waals surface area (Å²) in [6.45, 7) is 1.88. The first-order valence-corrected chi connectivity index (χ1v) is 4.89. The van der Waals surface area contributed by atoms with Gasteiger partial charge in [-0.15, -0.1) is 0 Å². The number of aromatic nitrogens is 2. The quantitative estimate of drug-likeness (QED) is 0.802. The standard InChI is InChI=1S/C11H10ClN3/c1-7-6-14-11(15-10(7)13)8-2-4-9(12)5-3-8/h2-6H,1H3,(H2,13,14,15). The van der Waals surface area contributed by atoms with E-state index in [0.29, 0.717) is 16.7 Å². The number of rotatable bonds is 1. The van der Waals surface area contributed by atoms with E-state index in [-0.39, 0.29) is 0 Å². The van der Waals surface area contributed by atoms with Crippen molar-refractivity contribution in [1.82, 2.24) is 9.97 Å². The fourth-order valence-corrected chi connectivity index (χ4v) is 1.32. The van der Waals surface area contributed by atoms with Crippen molar-refractivity contribution < 1.29 is 0 Å². The van der Waals surface area contributed by atoms with Gasteiger partial charge in [0.25, 0.3) is 0 Å². The molecule has 2 N–H and O–H groups in total. The molecule has 0 fully saturated rings. The number of aryl methyl sites for hydroxylation is 1. The van der Waals surface area contributed by atoms with Crippen molar-refractivity contribution in [2.45, 2.75) is 6.92 Å². The van der Waals surface area contributed by atoms with Crippen LogP contribution in [0.2, 0.25) is 5.02 Å². The molecule has 0 bridgehead atoms. The molecule has 3 nitrogen and oxygen atoms in total. The Bertz CT molecular complexity index is 480. The lowest BCUT2D eigenvalue weighted by Gasteiger charge is -2.03. The Morgan fingerprint density at radius 3 is 2.47 bits per heavy atom. The smallest absolute Gasteiger partial charge is 0.161 e. The number of nitrogens with two attached hydrogens (primary N) is 1. The second-order valence-electron chi connectivity index (χ2n) is 3.27. The number of hydrogen-bond donors (Lipinski definition) is 1. The summed E-state index contributed by atoms with van der Waals surface area (Å²) in [5, 5.41) is 0.693. The molecule has 0 amide bonds. The molecule has 2 aromatic rings. The fourth-order valence-electron chi connectivity index (χ4n) is 1.19. The molecule has 0 aliphatic rings. The molecule has 2 rings (SSSR count). The number of hydrogen-bond acceptors (Lipinski definition) is 3. The van der Waals surface area contributed by atoms with Crippen LogP contribution in [0.3, 0.4) is 0 Å². The zero-order valence-electron chi connectivity index (χ0n) is 8.24. The molecule has 15 heavy (non-hydrogen) atoms. The average Bonchev–Trinajstić information content (AvgIpc) is 2.23. The summed E-state index contributed by atoms with van der Waals surface area (Å²) >= 11 is 5.79. The van der Waals surface area contributed by atoms with E-state index in [1.807, 2.05) is 19.1 Å². The maximum absolute atomic E-state index is 5.79. The van der Waals surface area contributed by atoms with Gasteiger partial charge in [0, 0.05) is 22.3 Å². The predicted molar refractivity (Wildman–Crippen MR) is 61.6 cm³/mol. The van der Waals surface area contributed by atoms with Crippen LogP contribution < -0.4 is 5.73 Å². The number of nitrogen functional groups attached to an aromatic ring is 1. The van der Waals surface area contributed by atoms with E-state index < -0.39 is 0 Å². The molecule has 0 aliphatic carbocycles. The van der Waals surface area contributed by atoms with Crippen LogP contribution in [0.15, 0.2) is 30.5 Å². The number of benzene rings is 1. The molecule has 0 atom stereocenters. The Labute approximate surface area is 92.9 Å². The number of nitrogens with zero attached hydrogens (tertiary/aromatic N) is 2. The van der Waals surface area contributed by atoms with Crippen LogP contribution in [-0.2, 0) is 0 Å². The van der Waals surface area contributed by atoms with E-state index in [9.17, 15) is 0 Å². The van der Waals surface area contributed by atoms with E-state index >= 15 is 0 Å². The van der Waals surface area contributed by atoms with E-state index in [2.05, 4.69) is 9.97 Å². The number of halogens is 1. The van der Waals surface area contributed by atoms with Crippen molar-refractivity contribution in [2.24, 2.45) is 0 Å². The Morgan fingerprint density at radius 1 is 1.20 bits per heavy atom. The normalized spacial score (nSPS) is 10.3. The summed E-state index contributed by atoms with van der Waals surface area (Å²) in [7, 11) is 0. The highest BCUT2D eigenvalue weighted by Crippen LogP contribution is 2.19. The Morgan fingerprint density at radius 2 is 1.87 bits per heavy atom. The molecular weight excluding hydrogens is 210 g/mol. The number of anilines is 1. The van der Waals surface area contributed by atoms with Crippen LogP contribution in [0.25, 0.3) is 11.4 Å². The molecule has 1 heterocycles. The van der Waals surface area contributed by atoms with Gasteiger partial charge in [-0.2, -0.15) is 0 Å². The maximum Gasteiger partial charge on any atom is 0.161 e. The Kier molecular flexibility index (Phi) is 2.56. The molecule has 0 saturated heterocycles. The minimum atomic E-state index is 0.509. The SMILES string of the molecule is Cc1cnc(-c2ccc(Cl)cc2)nc1N. The zero-order chi connectivity index (χ0) is 10.8. The lowest BCUT2D eigenvalue weighted by atomic mass is 10.2. The van der Waals surface area contributed by atoms with Gasteiger partial charge in [0.1, 0.15) is 5.82 Å². The first-order valence-electron chi connectivity index (χ1n) is 4.52. The van der Waals surface area contributed by atoms with Crippen LogP contribution in [0.4, 0.5) is 5.82 Å². The topological polar surface area (TPSA) is 51.8 Å².